The van der Waals surface area contributed by atoms with Crippen LogP contribution in [-0.4, -0.2) is 12.2 Å². The van der Waals surface area contributed by atoms with Crippen LogP contribution in [0.2, 0.25) is 0 Å². The normalized spacial score (nSPS) is 19.0. The van der Waals surface area contributed by atoms with E-state index < -0.39 is 0 Å². The Balaban J connectivity index is 1.80. The molecule has 2 atom stereocenters. The van der Waals surface area contributed by atoms with Crippen LogP contribution in [0.4, 0.5) is 0 Å². The zero-order valence-electron chi connectivity index (χ0n) is 12.4. The molecule has 2 aromatic rings. The predicted molar refractivity (Wildman–Crippen MR) is 86.2 cm³/mol. The molecule has 112 valence electrons. The van der Waals surface area contributed by atoms with Gasteiger partial charge in [-0.05, 0) is 61.4 Å². The van der Waals surface area contributed by atoms with E-state index in [2.05, 4.69) is 23.7 Å². The van der Waals surface area contributed by atoms with Gasteiger partial charge >= 0.3 is 0 Å². The zero-order valence-corrected chi connectivity index (χ0v) is 13.2. The fraction of sp³-hybridized carbons (Fsp3) is 0.412. The number of nitrogens with one attached hydrogen (secondary N) is 1. The van der Waals surface area contributed by atoms with Gasteiger partial charge in [0.05, 0.1) is 7.11 Å². The van der Waals surface area contributed by atoms with Gasteiger partial charge in [-0.25, -0.2) is 0 Å². The first-order valence-corrected chi connectivity index (χ1v) is 8.26. The van der Waals surface area contributed by atoms with Crippen molar-refractivity contribution in [1.82, 2.24) is 5.32 Å². The molecule has 3 rings (SSSR count). The van der Waals surface area contributed by atoms with Crippen molar-refractivity contribution in [2.45, 2.75) is 38.3 Å². The number of aryl methyl sites for hydroxylation is 1. The van der Waals surface area contributed by atoms with Crippen molar-refractivity contribution in [1.29, 1.82) is 0 Å². The highest BCUT2D eigenvalue weighted by Crippen LogP contribution is 2.36. The summed E-state index contributed by atoms with van der Waals surface area (Å²) in [4.78, 5) is 1.50. The molecule has 1 aromatic carbocycles. The van der Waals surface area contributed by atoms with Crippen LogP contribution in [0.3, 0.4) is 0 Å². The lowest BCUT2D eigenvalue weighted by Crippen LogP contribution is -2.27. The third-order valence-electron chi connectivity index (χ3n) is 4.20. The molecule has 2 N–H and O–H groups in total. The van der Waals surface area contributed by atoms with Gasteiger partial charge in [0.2, 0.25) is 0 Å². The van der Waals surface area contributed by atoms with Crippen LogP contribution in [0.25, 0.3) is 0 Å². The summed E-state index contributed by atoms with van der Waals surface area (Å²) in [6.07, 6.45) is 3.57. The number of phenolic OH excluding ortho intramolecular Hbond substituents is 1. The first-order valence-electron chi connectivity index (χ1n) is 7.38. The van der Waals surface area contributed by atoms with Gasteiger partial charge in [-0.3, -0.25) is 0 Å². The fourth-order valence-electron chi connectivity index (χ4n) is 3.06. The van der Waals surface area contributed by atoms with Crippen LogP contribution in [0.5, 0.6) is 11.5 Å². The maximum atomic E-state index is 10.1. The summed E-state index contributed by atoms with van der Waals surface area (Å²) in [6.45, 7) is 2.09. The topological polar surface area (TPSA) is 41.5 Å². The number of hydrogen-bond acceptors (Lipinski definition) is 4. The highest BCUT2D eigenvalue weighted by molar-refractivity contribution is 7.10. The lowest BCUT2D eigenvalue weighted by Gasteiger charge is -2.28. The molecule has 3 nitrogen and oxygen atoms in total. The van der Waals surface area contributed by atoms with Gasteiger partial charge in [0.25, 0.3) is 0 Å². The number of hydrogen-bond donors (Lipinski definition) is 2. The third kappa shape index (κ3) is 2.92. The SMILES string of the molecule is COc1ccc(O)c(C(C)NC2CCCc3sccc32)c1. The third-order valence-corrected chi connectivity index (χ3v) is 5.20. The van der Waals surface area contributed by atoms with E-state index in [0.717, 1.165) is 17.7 Å². The van der Waals surface area contributed by atoms with E-state index in [-0.39, 0.29) is 6.04 Å². The standard InChI is InChI=1S/C17H21NO2S/c1-11(14-10-12(20-2)6-7-16(14)19)18-15-4-3-5-17-13(15)8-9-21-17/h6-11,15,18-19H,3-5H2,1-2H3. The maximum Gasteiger partial charge on any atom is 0.120 e. The van der Waals surface area contributed by atoms with Crippen molar-refractivity contribution < 1.29 is 9.84 Å². The van der Waals surface area contributed by atoms with Crippen molar-refractivity contribution in [2.24, 2.45) is 0 Å². The average Bonchev–Trinajstić information content (AvgIpc) is 2.97. The Morgan fingerprint density at radius 3 is 3.05 bits per heavy atom. The summed E-state index contributed by atoms with van der Waals surface area (Å²) < 4.78 is 5.26. The minimum Gasteiger partial charge on any atom is -0.508 e. The van der Waals surface area contributed by atoms with Crippen molar-refractivity contribution in [2.75, 3.05) is 7.11 Å². The van der Waals surface area contributed by atoms with Crippen molar-refractivity contribution in [3.63, 3.8) is 0 Å². The first kappa shape index (κ1) is 14.4. The molecule has 0 spiro atoms. The van der Waals surface area contributed by atoms with Gasteiger partial charge in [-0.15, -0.1) is 11.3 Å². The van der Waals surface area contributed by atoms with Gasteiger partial charge in [0, 0.05) is 22.5 Å². The van der Waals surface area contributed by atoms with Crippen LogP contribution in [-0.2, 0) is 6.42 Å². The van der Waals surface area contributed by atoms with E-state index >= 15 is 0 Å². The summed E-state index contributed by atoms with van der Waals surface area (Å²) in [7, 11) is 1.65. The minimum atomic E-state index is 0.0796. The van der Waals surface area contributed by atoms with Crippen LogP contribution in [0.1, 0.15) is 47.9 Å². The first-order chi connectivity index (χ1) is 10.2. The molecule has 21 heavy (non-hydrogen) atoms. The van der Waals surface area contributed by atoms with Crippen molar-refractivity contribution >= 4 is 11.3 Å². The molecule has 2 unspecified atom stereocenters. The Kier molecular flexibility index (Phi) is 4.17. The number of ether oxygens (including phenoxy) is 1. The smallest absolute Gasteiger partial charge is 0.120 e. The molecular weight excluding hydrogens is 282 g/mol. The molecule has 0 saturated heterocycles. The number of thiophene rings is 1. The van der Waals surface area contributed by atoms with Gasteiger partial charge in [-0.2, -0.15) is 0 Å². The maximum absolute atomic E-state index is 10.1. The number of methoxy groups -OCH3 is 1. The monoisotopic (exact) mass is 303 g/mol. The Hall–Kier alpha value is -1.52. The Morgan fingerprint density at radius 2 is 2.24 bits per heavy atom. The summed E-state index contributed by atoms with van der Waals surface area (Å²) in [5.41, 5.74) is 2.32. The molecule has 1 aromatic heterocycles. The number of phenols is 1. The van der Waals surface area contributed by atoms with Crippen LogP contribution in [0, 0.1) is 0 Å². The number of fused-ring (bicyclic) bond motifs is 1. The summed E-state index contributed by atoms with van der Waals surface area (Å²) in [6, 6.07) is 8.07. The summed E-state index contributed by atoms with van der Waals surface area (Å²) in [5, 5.41) is 15.9. The summed E-state index contributed by atoms with van der Waals surface area (Å²) >= 11 is 1.85. The van der Waals surface area contributed by atoms with Crippen LogP contribution < -0.4 is 10.1 Å². The molecule has 0 radical (unpaired) electrons. The molecule has 1 aliphatic rings. The van der Waals surface area contributed by atoms with Gasteiger partial charge in [0.1, 0.15) is 11.5 Å². The zero-order chi connectivity index (χ0) is 14.8. The number of aromatic hydroxyl groups is 1. The van der Waals surface area contributed by atoms with E-state index in [1.165, 1.54) is 23.3 Å². The van der Waals surface area contributed by atoms with Crippen LogP contribution in [0.15, 0.2) is 29.6 Å². The molecule has 0 saturated carbocycles. The van der Waals surface area contributed by atoms with E-state index in [1.807, 2.05) is 17.4 Å². The molecule has 1 aliphatic carbocycles. The molecule has 4 heteroatoms. The van der Waals surface area contributed by atoms with Gasteiger partial charge in [0.15, 0.2) is 0 Å². The molecule has 0 bridgehead atoms. The molecule has 0 amide bonds. The highest BCUT2D eigenvalue weighted by Gasteiger charge is 2.23. The molecular formula is C17H21NO2S. The van der Waals surface area contributed by atoms with Crippen LogP contribution >= 0.6 is 11.3 Å². The van der Waals surface area contributed by atoms with Crippen molar-refractivity contribution in [3.8, 4) is 11.5 Å². The lowest BCUT2D eigenvalue weighted by molar-refractivity contribution is 0.392. The minimum absolute atomic E-state index is 0.0796. The second-order valence-corrected chi connectivity index (χ2v) is 6.56. The van der Waals surface area contributed by atoms with E-state index in [0.29, 0.717) is 11.8 Å². The van der Waals surface area contributed by atoms with E-state index in [9.17, 15) is 5.11 Å². The summed E-state index contributed by atoms with van der Waals surface area (Å²) in [5.74, 6) is 1.09. The molecule has 1 heterocycles. The second-order valence-electron chi connectivity index (χ2n) is 5.56. The van der Waals surface area contributed by atoms with E-state index in [4.69, 9.17) is 4.74 Å². The van der Waals surface area contributed by atoms with Crippen molar-refractivity contribution in [3.05, 3.63) is 45.6 Å². The second kappa shape index (κ2) is 6.08. The lowest BCUT2D eigenvalue weighted by atomic mass is 9.92. The fourth-order valence-corrected chi connectivity index (χ4v) is 4.04. The Labute approximate surface area is 129 Å². The quantitative estimate of drug-likeness (QED) is 0.890. The molecule has 0 fully saturated rings. The molecule has 0 aliphatic heterocycles. The largest absolute Gasteiger partial charge is 0.508 e. The van der Waals surface area contributed by atoms with Gasteiger partial charge < -0.3 is 15.2 Å². The van der Waals surface area contributed by atoms with Gasteiger partial charge in [-0.1, -0.05) is 0 Å². The highest BCUT2D eigenvalue weighted by atomic mass is 32.1. The predicted octanol–water partition coefficient (Wildman–Crippen LogP) is 4.19. The Morgan fingerprint density at radius 1 is 1.38 bits per heavy atom. The average molecular weight is 303 g/mol. The number of benzene rings is 1. The number of rotatable bonds is 4. The Bertz CT molecular complexity index is 623. The van der Waals surface area contributed by atoms with E-state index in [1.54, 1.807) is 19.2 Å².